The number of aryl methyl sites for hydroxylation is 1. The van der Waals surface area contributed by atoms with Gasteiger partial charge in [-0.3, -0.25) is 4.68 Å². The molecule has 3 nitrogen and oxygen atoms in total. The molecule has 1 saturated carbocycles. The van der Waals surface area contributed by atoms with Gasteiger partial charge in [0.2, 0.25) is 0 Å². The Hall–Kier alpha value is -0.830. The second-order valence-electron chi connectivity index (χ2n) is 7.09. The Morgan fingerprint density at radius 3 is 2.55 bits per heavy atom. The minimum atomic E-state index is -0.661. The summed E-state index contributed by atoms with van der Waals surface area (Å²) >= 11 is 0. The molecule has 1 heterocycles. The fourth-order valence-corrected chi connectivity index (χ4v) is 3.54. The second-order valence-corrected chi connectivity index (χ2v) is 7.09. The van der Waals surface area contributed by atoms with Crippen LogP contribution in [0.2, 0.25) is 0 Å². The number of hydrogen-bond donors (Lipinski definition) is 1. The van der Waals surface area contributed by atoms with Crippen LogP contribution in [0.3, 0.4) is 0 Å². The summed E-state index contributed by atoms with van der Waals surface area (Å²) in [4.78, 5) is 0. The quantitative estimate of drug-likeness (QED) is 0.880. The summed E-state index contributed by atoms with van der Waals surface area (Å²) in [6.45, 7) is 10.1. The molecule has 2 rings (SSSR count). The molecule has 114 valence electrons. The number of aromatic nitrogens is 2. The molecule has 0 saturated heterocycles. The van der Waals surface area contributed by atoms with E-state index in [9.17, 15) is 5.11 Å². The number of aliphatic hydroxyl groups is 1. The van der Waals surface area contributed by atoms with Gasteiger partial charge in [0.05, 0.1) is 5.69 Å². The maximum atomic E-state index is 11.0. The van der Waals surface area contributed by atoms with Gasteiger partial charge in [-0.25, -0.2) is 0 Å². The van der Waals surface area contributed by atoms with Crippen LogP contribution >= 0.6 is 0 Å². The van der Waals surface area contributed by atoms with Crippen molar-refractivity contribution in [2.75, 3.05) is 0 Å². The molecule has 1 aromatic rings. The molecule has 20 heavy (non-hydrogen) atoms. The fourth-order valence-electron chi connectivity index (χ4n) is 3.54. The average Bonchev–Trinajstić information content (AvgIpc) is 2.89. The lowest BCUT2D eigenvalue weighted by atomic mass is 9.66. The molecule has 3 heteroatoms. The third-order valence-electron chi connectivity index (χ3n) is 5.46. The topological polar surface area (TPSA) is 38.0 Å². The summed E-state index contributed by atoms with van der Waals surface area (Å²) in [5, 5.41) is 15.4. The molecular formula is C17H30N2O. The molecule has 0 aliphatic heterocycles. The molecule has 1 aliphatic rings. The predicted molar refractivity (Wildman–Crippen MR) is 82.4 cm³/mol. The lowest BCUT2D eigenvalue weighted by Gasteiger charge is -2.42. The molecule has 0 radical (unpaired) electrons. The normalized spacial score (nSPS) is 27.8. The van der Waals surface area contributed by atoms with Crippen molar-refractivity contribution in [1.82, 2.24) is 9.78 Å². The number of rotatable bonds is 5. The highest BCUT2D eigenvalue weighted by Gasteiger charge is 2.40. The SMILES string of the molecule is CCCn1nccc1C1(O)CCC(C(C)(C)CC)CC1. The molecule has 0 aromatic carbocycles. The van der Waals surface area contributed by atoms with E-state index in [4.69, 9.17) is 0 Å². The van der Waals surface area contributed by atoms with E-state index >= 15 is 0 Å². The zero-order valence-electron chi connectivity index (χ0n) is 13.5. The van der Waals surface area contributed by atoms with Crippen LogP contribution in [0.15, 0.2) is 12.3 Å². The Kier molecular flexibility index (Phi) is 4.58. The smallest absolute Gasteiger partial charge is 0.106 e. The number of hydrogen-bond acceptors (Lipinski definition) is 2. The summed E-state index contributed by atoms with van der Waals surface area (Å²) in [6.07, 6.45) is 8.07. The van der Waals surface area contributed by atoms with Crippen molar-refractivity contribution in [3.8, 4) is 0 Å². The largest absolute Gasteiger partial charge is 0.384 e. The third kappa shape index (κ3) is 2.93. The van der Waals surface area contributed by atoms with Crippen LogP contribution in [0, 0.1) is 11.3 Å². The molecule has 1 fully saturated rings. The highest BCUT2D eigenvalue weighted by molar-refractivity contribution is 5.13. The van der Waals surface area contributed by atoms with Gasteiger partial charge in [0, 0.05) is 12.7 Å². The van der Waals surface area contributed by atoms with Gasteiger partial charge in [-0.1, -0.05) is 34.1 Å². The Bertz CT molecular complexity index is 428. The highest BCUT2D eigenvalue weighted by Crippen LogP contribution is 2.46. The first-order valence-electron chi connectivity index (χ1n) is 8.17. The Labute approximate surface area is 123 Å². The zero-order valence-corrected chi connectivity index (χ0v) is 13.5. The summed E-state index contributed by atoms with van der Waals surface area (Å²) in [7, 11) is 0. The van der Waals surface area contributed by atoms with Gasteiger partial charge < -0.3 is 5.11 Å². The van der Waals surface area contributed by atoms with Crippen LogP contribution in [-0.2, 0) is 12.1 Å². The van der Waals surface area contributed by atoms with E-state index in [-0.39, 0.29) is 0 Å². The van der Waals surface area contributed by atoms with E-state index in [0.717, 1.165) is 50.3 Å². The number of nitrogens with zero attached hydrogens (tertiary/aromatic N) is 2. The van der Waals surface area contributed by atoms with Gasteiger partial charge in [0.15, 0.2) is 0 Å². The Morgan fingerprint density at radius 2 is 2.00 bits per heavy atom. The Balaban J connectivity index is 2.09. The molecule has 0 unspecified atom stereocenters. The van der Waals surface area contributed by atoms with Crippen LogP contribution in [0.4, 0.5) is 0 Å². The van der Waals surface area contributed by atoms with Crippen LogP contribution in [0.5, 0.6) is 0 Å². The maximum absolute atomic E-state index is 11.0. The van der Waals surface area contributed by atoms with Crippen LogP contribution < -0.4 is 0 Å². The van der Waals surface area contributed by atoms with E-state index in [1.165, 1.54) is 6.42 Å². The van der Waals surface area contributed by atoms with Crippen molar-refractivity contribution in [3.05, 3.63) is 18.0 Å². The lowest BCUT2D eigenvalue weighted by molar-refractivity contribution is -0.0392. The van der Waals surface area contributed by atoms with Crippen LogP contribution in [-0.4, -0.2) is 14.9 Å². The second kappa shape index (κ2) is 5.88. The summed E-state index contributed by atoms with van der Waals surface area (Å²) < 4.78 is 1.99. The first-order valence-corrected chi connectivity index (χ1v) is 8.17. The fraction of sp³-hybridized carbons (Fsp3) is 0.824. The zero-order chi connectivity index (χ0) is 14.8. The molecule has 1 N–H and O–H groups in total. The van der Waals surface area contributed by atoms with Crippen molar-refractivity contribution in [2.24, 2.45) is 11.3 Å². The van der Waals surface area contributed by atoms with Crippen LogP contribution in [0.1, 0.15) is 71.9 Å². The Morgan fingerprint density at radius 1 is 1.35 bits per heavy atom. The molecular weight excluding hydrogens is 248 g/mol. The predicted octanol–water partition coefficient (Wildman–Crippen LogP) is 4.11. The molecule has 0 bridgehead atoms. The summed E-state index contributed by atoms with van der Waals surface area (Å²) in [6, 6.07) is 2.00. The minimum absolute atomic E-state index is 0.394. The van der Waals surface area contributed by atoms with Gasteiger partial charge in [0.25, 0.3) is 0 Å². The molecule has 1 aliphatic carbocycles. The van der Waals surface area contributed by atoms with Crippen molar-refractivity contribution in [3.63, 3.8) is 0 Å². The molecule has 0 spiro atoms. The molecule has 1 aromatic heterocycles. The average molecular weight is 278 g/mol. The van der Waals surface area contributed by atoms with Crippen LogP contribution in [0.25, 0.3) is 0 Å². The van der Waals surface area contributed by atoms with E-state index in [0.29, 0.717) is 5.41 Å². The standard InChI is InChI=1S/C17H30N2O/c1-5-13-19-15(9-12-18-19)17(20)10-7-14(8-11-17)16(3,4)6-2/h9,12,14,20H,5-8,10-11,13H2,1-4H3. The van der Waals surface area contributed by atoms with Crippen molar-refractivity contribution >= 4 is 0 Å². The van der Waals surface area contributed by atoms with E-state index in [2.05, 4.69) is 32.8 Å². The van der Waals surface area contributed by atoms with Crippen molar-refractivity contribution in [2.45, 2.75) is 78.4 Å². The summed E-state index contributed by atoms with van der Waals surface area (Å²) in [5.41, 5.74) is 0.754. The monoisotopic (exact) mass is 278 g/mol. The van der Waals surface area contributed by atoms with Crippen molar-refractivity contribution < 1.29 is 5.11 Å². The molecule has 0 atom stereocenters. The van der Waals surface area contributed by atoms with Gasteiger partial charge in [0.1, 0.15) is 5.60 Å². The first-order chi connectivity index (χ1) is 9.43. The van der Waals surface area contributed by atoms with E-state index in [1.807, 2.05) is 16.9 Å². The van der Waals surface area contributed by atoms with Gasteiger partial charge in [-0.05, 0) is 49.5 Å². The maximum Gasteiger partial charge on any atom is 0.106 e. The third-order valence-corrected chi connectivity index (χ3v) is 5.46. The summed E-state index contributed by atoms with van der Waals surface area (Å²) in [5.74, 6) is 0.732. The van der Waals surface area contributed by atoms with Crippen molar-refractivity contribution in [1.29, 1.82) is 0 Å². The van der Waals surface area contributed by atoms with E-state index < -0.39 is 5.60 Å². The van der Waals surface area contributed by atoms with Gasteiger partial charge >= 0.3 is 0 Å². The molecule has 0 amide bonds. The first kappa shape index (κ1) is 15.6. The van der Waals surface area contributed by atoms with Gasteiger partial charge in [-0.2, -0.15) is 5.10 Å². The minimum Gasteiger partial charge on any atom is -0.384 e. The van der Waals surface area contributed by atoms with E-state index in [1.54, 1.807) is 0 Å². The lowest BCUT2D eigenvalue weighted by Crippen LogP contribution is -2.37. The highest BCUT2D eigenvalue weighted by atomic mass is 16.3. The van der Waals surface area contributed by atoms with Gasteiger partial charge in [-0.15, -0.1) is 0 Å².